The Kier molecular flexibility index (Phi) is 10.5. The molecule has 0 aromatic carbocycles. The van der Waals surface area contributed by atoms with E-state index in [1.807, 2.05) is 6.92 Å². The van der Waals surface area contributed by atoms with Crippen LogP contribution in [0.1, 0.15) is 57.1 Å². The normalized spacial score (nSPS) is 14.5. The summed E-state index contributed by atoms with van der Waals surface area (Å²) in [5.41, 5.74) is 4.32. The van der Waals surface area contributed by atoms with Crippen molar-refractivity contribution in [2.24, 2.45) is 4.99 Å². The number of hydrazine groups is 1. The molecule has 0 bridgehead atoms. The van der Waals surface area contributed by atoms with Crippen molar-refractivity contribution in [3.63, 3.8) is 0 Å². The first kappa shape index (κ1) is 29.4. The van der Waals surface area contributed by atoms with Gasteiger partial charge in [-0.3, -0.25) is 15.7 Å². The maximum absolute atomic E-state index is 13.9. The molecular formula is C22H34F3N7O3S. The van der Waals surface area contributed by atoms with Crippen molar-refractivity contribution >= 4 is 27.7 Å². The molecule has 10 nitrogen and oxygen atoms in total. The number of nitrogens with zero attached hydrogens (tertiary/aromatic N) is 3. The number of aromatic nitrogens is 1. The molecular weight excluding hydrogens is 499 g/mol. The number of nitrogens with one attached hydrogen (secondary N) is 4. The minimum absolute atomic E-state index is 0.0307. The van der Waals surface area contributed by atoms with E-state index in [-0.39, 0.29) is 36.3 Å². The number of rotatable bonds is 13. The molecule has 1 aromatic rings. The van der Waals surface area contributed by atoms with Crippen LogP contribution in [0.4, 0.5) is 23.8 Å². The predicted octanol–water partition coefficient (Wildman–Crippen LogP) is 3.21. The second-order valence-electron chi connectivity index (χ2n) is 8.62. The highest BCUT2D eigenvalue weighted by Gasteiger charge is 2.36. The Hall–Kier alpha value is -2.87. The van der Waals surface area contributed by atoms with Gasteiger partial charge in [0, 0.05) is 43.1 Å². The summed E-state index contributed by atoms with van der Waals surface area (Å²) in [6.45, 7) is 7.81. The van der Waals surface area contributed by atoms with Crippen LogP contribution in [0.3, 0.4) is 0 Å². The number of allylic oxidation sites excluding steroid dienone is 1. The minimum atomic E-state index is -4.76. The lowest BCUT2D eigenvalue weighted by molar-refractivity contribution is -0.137. The van der Waals surface area contributed by atoms with Crippen LogP contribution >= 0.6 is 0 Å². The van der Waals surface area contributed by atoms with Crippen LogP contribution in [0.15, 0.2) is 29.5 Å². The fraction of sp³-hybridized carbons (Fsp3) is 0.591. The Morgan fingerprint density at radius 3 is 2.47 bits per heavy atom. The number of amides is 2. The fourth-order valence-electron chi connectivity index (χ4n) is 3.09. The zero-order valence-electron chi connectivity index (χ0n) is 20.7. The number of unbranched alkanes of at least 4 members (excludes halogenated alkanes) is 1. The van der Waals surface area contributed by atoms with Crippen molar-refractivity contribution in [2.75, 3.05) is 31.2 Å². The summed E-state index contributed by atoms with van der Waals surface area (Å²) in [4.78, 5) is 20.2. The fourth-order valence-corrected chi connectivity index (χ4v) is 4.01. The van der Waals surface area contributed by atoms with Crippen molar-refractivity contribution in [3.05, 3.63) is 35.7 Å². The molecule has 0 spiro atoms. The molecule has 0 aliphatic heterocycles. The van der Waals surface area contributed by atoms with Crippen molar-refractivity contribution in [2.45, 2.75) is 58.2 Å². The van der Waals surface area contributed by atoms with E-state index in [1.165, 1.54) is 4.31 Å². The highest BCUT2D eigenvalue weighted by atomic mass is 32.2. The number of hydrogen-bond donors (Lipinski definition) is 4. The lowest BCUT2D eigenvalue weighted by atomic mass is 10.1. The van der Waals surface area contributed by atoms with Crippen LogP contribution in [0.25, 0.3) is 0 Å². The van der Waals surface area contributed by atoms with Gasteiger partial charge in [0.05, 0.1) is 11.8 Å². The second-order valence-corrected chi connectivity index (χ2v) is 10.6. The lowest BCUT2D eigenvalue weighted by Crippen LogP contribution is -2.38. The van der Waals surface area contributed by atoms with Crippen molar-refractivity contribution in [1.82, 2.24) is 25.5 Å². The number of sulfonamides is 1. The van der Waals surface area contributed by atoms with Crippen molar-refractivity contribution in [1.29, 1.82) is 0 Å². The van der Waals surface area contributed by atoms with E-state index < -0.39 is 27.8 Å². The number of carbonyl (C=O) groups is 1. The zero-order chi connectivity index (χ0) is 26.9. The van der Waals surface area contributed by atoms with Gasteiger partial charge in [-0.15, -0.1) is 0 Å². The molecule has 0 saturated heterocycles. The molecule has 1 saturated carbocycles. The van der Waals surface area contributed by atoms with Gasteiger partial charge in [-0.05, 0) is 38.7 Å². The third-order valence-electron chi connectivity index (χ3n) is 5.08. The van der Waals surface area contributed by atoms with Gasteiger partial charge in [0.2, 0.25) is 10.0 Å². The number of halogens is 3. The van der Waals surface area contributed by atoms with E-state index in [0.29, 0.717) is 25.1 Å². The van der Waals surface area contributed by atoms with Gasteiger partial charge in [-0.25, -0.2) is 22.5 Å². The summed E-state index contributed by atoms with van der Waals surface area (Å²) in [5, 5.41) is 4.95. The molecule has 1 aliphatic carbocycles. The van der Waals surface area contributed by atoms with Crippen LogP contribution in [0, 0.1) is 0 Å². The number of hydrogen-bond acceptors (Lipinski definition) is 6. The van der Waals surface area contributed by atoms with Gasteiger partial charge in [0.1, 0.15) is 11.7 Å². The summed E-state index contributed by atoms with van der Waals surface area (Å²) in [6, 6.07) is 0.152. The van der Waals surface area contributed by atoms with E-state index in [1.54, 1.807) is 6.92 Å². The number of carbonyl (C=O) groups excluding carboxylic acids is 1. The third-order valence-corrected chi connectivity index (χ3v) is 6.38. The average molecular weight is 534 g/mol. The molecule has 0 atom stereocenters. The number of amidine groups is 1. The molecule has 1 fully saturated rings. The molecule has 0 radical (unpaired) electrons. The molecule has 202 valence electrons. The molecule has 14 heteroatoms. The average Bonchev–Trinajstić information content (AvgIpc) is 3.57. The van der Waals surface area contributed by atoms with E-state index in [9.17, 15) is 26.4 Å². The number of pyridine rings is 1. The standard InChI is InChI=1S/C22H34F3N7O3S/c1-5-6-11-32(36(4,34)35)12-7-10-26-20(31-30-15(2)3)17-14-27-19(13-18(17)22(23,24)25)29-21(33)28-16-8-9-16/h13-14,16,30H,2,5-12H2,1,3-4H3,(H,26,31)(H2,27,28,29,33). The smallest absolute Gasteiger partial charge is 0.335 e. The molecule has 1 aromatic heterocycles. The van der Waals surface area contributed by atoms with Gasteiger partial charge in [0.25, 0.3) is 0 Å². The largest absolute Gasteiger partial charge is 0.417 e. The first-order valence-electron chi connectivity index (χ1n) is 11.6. The molecule has 2 amide bonds. The van der Waals surface area contributed by atoms with Crippen molar-refractivity contribution < 1.29 is 26.4 Å². The second kappa shape index (κ2) is 12.9. The first-order valence-corrected chi connectivity index (χ1v) is 13.5. The van der Waals surface area contributed by atoms with Crippen LogP contribution in [-0.4, -0.2) is 61.5 Å². The minimum Gasteiger partial charge on any atom is -0.335 e. The van der Waals surface area contributed by atoms with Gasteiger partial charge < -0.3 is 10.7 Å². The number of urea groups is 1. The quantitative estimate of drug-likeness (QED) is 0.133. The van der Waals surface area contributed by atoms with E-state index in [0.717, 1.165) is 37.8 Å². The summed E-state index contributed by atoms with van der Waals surface area (Å²) >= 11 is 0. The zero-order valence-corrected chi connectivity index (χ0v) is 21.5. The number of anilines is 1. The summed E-state index contributed by atoms with van der Waals surface area (Å²) in [5.74, 6) is -0.401. The Bertz CT molecular complexity index is 1060. The van der Waals surface area contributed by atoms with Gasteiger partial charge >= 0.3 is 12.2 Å². The lowest BCUT2D eigenvalue weighted by Gasteiger charge is -2.20. The highest BCUT2D eigenvalue weighted by molar-refractivity contribution is 7.88. The summed E-state index contributed by atoms with van der Waals surface area (Å²) in [7, 11) is -3.41. The Labute approximate surface area is 209 Å². The molecule has 36 heavy (non-hydrogen) atoms. The molecule has 1 heterocycles. The Morgan fingerprint density at radius 1 is 1.25 bits per heavy atom. The maximum atomic E-state index is 13.9. The van der Waals surface area contributed by atoms with Crippen LogP contribution in [0.5, 0.6) is 0 Å². The first-order chi connectivity index (χ1) is 16.8. The topological polar surface area (TPSA) is 128 Å². The van der Waals surface area contributed by atoms with Gasteiger partial charge in [0.15, 0.2) is 0 Å². The predicted molar refractivity (Wildman–Crippen MR) is 133 cm³/mol. The molecule has 1 aliphatic rings. The summed E-state index contributed by atoms with van der Waals surface area (Å²) in [6.07, 6.45) is 0.815. The van der Waals surface area contributed by atoms with Gasteiger partial charge in [-0.1, -0.05) is 19.9 Å². The van der Waals surface area contributed by atoms with Gasteiger partial charge in [-0.2, -0.15) is 13.2 Å². The number of aliphatic imine (C=N–C) groups is 1. The Morgan fingerprint density at radius 2 is 1.92 bits per heavy atom. The van der Waals surface area contributed by atoms with Crippen LogP contribution in [-0.2, 0) is 16.2 Å². The van der Waals surface area contributed by atoms with Crippen LogP contribution < -0.4 is 21.5 Å². The molecule has 0 unspecified atom stereocenters. The Balaban J connectivity index is 2.25. The monoisotopic (exact) mass is 533 g/mol. The van der Waals surface area contributed by atoms with E-state index in [4.69, 9.17) is 0 Å². The highest BCUT2D eigenvalue weighted by Crippen LogP contribution is 2.33. The van der Waals surface area contributed by atoms with E-state index >= 15 is 0 Å². The van der Waals surface area contributed by atoms with Crippen molar-refractivity contribution in [3.8, 4) is 0 Å². The summed E-state index contributed by atoms with van der Waals surface area (Å²) < 4.78 is 67.1. The van der Waals surface area contributed by atoms with E-state index in [2.05, 4.69) is 38.0 Å². The molecule has 4 N–H and O–H groups in total. The third kappa shape index (κ3) is 10.0. The molecule has 2 rings (SSSR count). The van der Waals surface area contributed by atoms with Crippen LogP contribution in [0.2, 0.25) is 0 Å². The SMILES string of the molecule is C=C(C)NNC(=NCCCN(CCCC)S(C)(=O)=O)c1cnc(NC(=O)NC2CC2)cc1C(F)(F)F. The number of alkyl halides is 3. The maximum Gasteiger partial charge on any atom is 0.417 e.